The molecule has 0 saturated carbocycles. The van der Waals surface area contributed by atoms with Gasteiger partial charge < -0.3 is 0 Å². The van der Waals surface area contributed by atoms with Gasteiger partial charge in [-0.25, -0.2) is 16.8 Å². The molecular formula is C15H16O4S2. The van der Waals surface area contributed by atoms with Crippen LogP contribution in [0.15, 0.2) is 76.8 Å². The van der Waals surface area contributed by atoms with Crippen LogP contribution in [-0.2, 0) is 19.7 Å². The molecule has 0 unspecified atom stereocenters. The van der Waals surface area contributed by atoms with E-state index in [0.29, 0.717) is 0 Å². The Balaban J connectivity index is 3.06. The van der Waals surface area contributed by atoms with E-state index in [0.717, 1.165) is 0 Å². The third kappa shape index (κ3) is 5.19. The molecule has 1 rings (SSSR count). The van der Waals surface area contributed by atoms with Crippen LogP contribution in [0.3, 0.4) is 0 Å². The molecule has 0 fully saturated rings. The molecule has 0 amide bonds. The normalized spacial score (nSPS) is 16.0. The van der Waals surface area contributed by atoms with Crippen molar-refractivity contribution in [2.45, 2.75) is 6.92 Å². The Morgan fingerprint density at radius 3 is 2.62 bits per heavy atom. The van der Waals surface area contributed by atoms with E-state index < -0.39 is 24.8 Å². The largest absolute Gasteiger partial charge is 0.223 e. The minimum atomic E-state index is -3.93. The van der Waals surface area contributed by atoms with Gasteiger partial charge in [-0.2, -0.15) is 0 Å². The van der Waals surface area contributed by atoms with Gasteiger partial charge in [-0.3, -0.25) is 0 Å². The summed E-state index contributed by atoms with van der Waals surface area (Å²) in [6, 6.07) is 0. The SMILES string of the molecule is C=C/C=C\C=C(/C)S(=O)(=O)CS(=O)(=O)C1=CC=C=CC=C1. The van der Waals surface area contributed by atoms with Crippen molar-refractivity contribution in [3.63, 3.8) is 0 Å². The molecule has 0 saturated heterocycles. The molecule has 0 atom stereocenters. The lowest BCUT2D eigenvalue weighted by Crippen LogP contribution is -2.18. The number of hydrogen-bond acceptors (Lipinski definition) is 4. The average Bonchev–Trinajstić information content (AvgIpc) is 2.67. The maximum atomic E-state index is 12.2. The second-order valence-electron chi connectivity index (χ2n) is 4.17. The fourth-order valence-corrected chi connectivity index (χ4v) is 5.15. The average molecular weight is 324 g/mol. The number of sulfone groups is 2. The van der Waals surface area contributed by atoms with Crippen molar-refractivity contribution in [3.8, 4) is 0 Å². The van der Waals surface area contributed by atoms with Crippen LogP contribution < -0.4 is 0 Å². The summed E-state index contributed by atoms with van der Waals surface area (Å²) in [4.78, 5) is -0.0715. The highest BCUT2D eigenvalue weighted by molar-refractivity contribution is 8.11. The fraction of sp³-hybridized carbons (Fsp3) is 0.133. The highest BCUT2D eigenvalue weighted by Gasteiger charge is 2.26. The molecule has 0 radical (unpaired) electrons. The van der Waals surface area contributed by atoms with E-state index in [1.54, 1.807) is 12.2 Å². The molecule has 1 aliphatic carbocycles. The highest BCUT2D eigenvalue weighted by Crippen LogP contribution is 2.17. The molecule has 0 spiro atoms. The van der Waals surface area contributed by atoms with Crippen LogP contribution in [-0.4, -0.2) is 21.9 Å². The first-order chi connectivity index (χ1) is 9.79. The Hall–Kier alpha value is -1.88. The zero-order chi connectivity index (χ0) is 15.9. The maximum absolute atomic E-state index is 12.2. The molecule has 0 aromatic carbocycles. The first kappa shape index (κ1) is 17.2. The fourth-order valence-electron chi connectivity index (χ4n) is 1.39. The third-order valence-electron chi connectivity index (χ3n) is 2.53. The van der Waals surface area contributed by atoms with Crippen LogP contribution in [0.25, 0.3) is 0 Å². The van der Waals surface area contributed by atoms with E-state index in [9.17, 15) is 16.8 Å². The minimum absolute atomic E-state index is 0.0176. The molecule has 1 aliphatic rings. The minimum Gasteiger partial charge on any atom is -0.223 e. The first-order valence-electron chi connectivity index (χ1n) is 6.00. The summed E-state index contributed by atoms with van der Waals surface area (Å²) in [5.74, 6) is 0. The van der Waals surface area contributed by atoms with E-state index >= 15 is 0 Å². The van der Waals surface area contributed by atoms with Crippen molar-refractivity contribution < 1.29 is 16.8 Å². The van der Waals surface area contributed by atoms with Crippen LogP contribution in [0.1, 0.15) is 6.92 Å². The zero-order valence-electron chi connectivity index (χ0n) is 11.6. The summed E-state index contributed by atoms with van der Waals surface area (Å²) < 4.78 is 48.5. The molecule has 0 bridgehead atoms. The lowest BCUT2D eigenvalue weighted by atomic mass is 10.4. The summed E-state index contributed by atoms with van der Waals surface area (Å²) in [6.45, 7) is 4.82. The lowest BCUT2D eigenvalue weighted by molar-refractivity contribution is 0.595. The van der Waals surface area contributed by atoms with Crippen LogP contribution in [0, 0.1) is 0 Å². The predicted octanol–water partition coefficient (Wildman–Crippen LogP) is 2.58. The van der Waals surface area contributed by atoms with Gasteiger partial charge in [-0.15, -0.1) is 5.73 Å². The molecule has 0 heterocycles. The topological polar surface area (TPSA) is 68.3 Å². The van der Waals surface area contributed by atoms with Crippen molar-refractivity contribution in [1.29, 1.82) is 0 Å². The van der Waals surface area contributed by atoms with Gasteiger partial charge in [0, 0.05) is 4.91 Å². The monoisotopic (exact) mass is 324 g/mol. The van der Waals surface area contributed by atoms with E-state index in [1.165, 1.54) is 49.5 Å². The smallest absolute Gasteiger partial charge is 0.193 e. The molecule has 0 aromatic rings. The molecular weight excluding hydrogens is 308 g/mol. The second kappa shape index (κ2) is 7.22. The molecule has 4 nitrogen and oxygen atoms in total. The van der Waals surface area contributed by atoms with Gasteiger partial charge in [0.2, 0.25) is 0 Å². The third-order valence-corrected chi connectivity index (χ3v) is 7.12. The summed E-state index contributed by atoms with van der Waals surface area (Å²) >= 11 is 0. The van der Waals surface area contributed by atoms with Crippen molar-refractivity contribution >= 4 is 19.7 Å². The lowest BCUT2D eigenvalue weighted by Gasteiger charge is -2.06. The Bertz CT molecular complexity index is 796. The van der Waals surface area contributed by atoms with Crippen molar-refractivity contribution in [2.24, 2.45) is 0 Å². The molecule has 0 aromatic heterocycles. The van der Waals surface area contributed by atoms with Crippen molar-refractivity contribution in [1.82, 2.24) is 0 Å². The van der Waals surface area contributed by atoms with Gasteiger partial charge in [-0.05, 0) is 37.3 Å². The van der Waals surface area contributed by atoms with Gasteiger partial charge in [0.15, 0.2) is 24.8 Å². The maximum Gasteiger partial charge on any atom is 0.193 e. The van der Waals surface area contributed by atoms with Crippen LogP contribution >= 0.6 is 0 Å². The van der Waals surface area contributed by atoms with Crippen molar-refractivity contribution in [2.75, 3.05) is 5.08 Å². The summed E-state index contributed by atoms with van der Waals surface area (Å²) in [5, 5.41) is -0.964. The Labute approximate surface area is 125 Å². The molecule has 21 heavy (non-hydrogen) atoms. The van der Waals surface area contributed by atoms with Gasteiger partial charge in [-0.1, -0.05) is 30.9 Å². The predicted molar refractivity (Wildman–Crippen MR) is 85.7 cm³/mol. The van der Waals surface area contributed by atoms with Gasteiger partial charge in [0.05, 0.1) is 4.91 Å². The number of rotatable bonds is 6. The molecule has 0 N–H and O–H groups in total. The van der Waals surface area contributed by atoms with Crippen LogP contribution in [0.2, 0.25) is 0 Å². The molecule has 112 valence electrons. The summed E-state index contributed by atoms with van der Waals surface area (Å²) in [7, 11) is -7.82. The molecule has 0 aliphatic heterocycles. The van der Waals surface area contributed by atoms with E-state index in [2.05, 4.69) is 12.3 Å². The standard InChI is InChI=1S/C15H16O4S2/c1-3-4-7-10-14(2)20(16,17)13-21(18,19)15-11-8-5-6-9-12-15/h3-5,7-12H,1,13H2,2H3/b7-4-,14-10+. The van der Waals surface area contributed by atoms with Crippen molar-refractivity contribution in [3.05, 3.63) is 76.8 Å². The highest BCUT2D eigenvalue weighted by atomic mass is 32.3. The summed E-state index contributed by atoms with van der Waals surface area (Å²) in [6.07, 6.45) is 13.0. The quantitative estimate of drug-likeness (QED) is 0.556. The Kier molecular flexibility index (Phi) is 5.90. The van der Waals surface area contributed by atoms with E-state index in [1.807, 2.05) is 0 Å². The van der Waals surface area contributed by atoms with Crippen LogP contribution in [0.5, 0.6) is 0 Å². The van der Waals surface area contributed by atoms with Gasteiger partial charge >= 0.3 is 0 Å². The number of allylic oxidation sites excluding steroid dienone is 9. The van der Waals surface area contributed by atoms with Crippen LogP contribution in [0.4, 0.5) is 0 Å². The summed E-state index contributed by atoms with van der Waals surface area (Å²) in [5.41, 5.74) is 2.71. The van der Waals surface area contributed by atoms with Gasteiger partial charge in [0.25, 0.3) is 0 Å². The second-order valence-corrected chi connectivity index (χ2v) is 8.69. The Morgan fingerprint density at radius 1 is 1.24 bits per heavy atom. The number of hydrogen-bond donors (Lipinski definition) is 0. The van der Waals surface area contributed by atoms with Gasteiger partial charge in [0.1, 0.15) is 0 Å². The zero-order valence-corrected chi connectivity index (χ0v) is 13.2. The van der Waals surface area contributed by atoms with E-state index in [-0.39, 0.29) is 9.81 Å². The van der Waals surface area contributed by atoms with E-state index in [4.69, 9.17) is 0 Å². The first-order valence-corrected chi connectivity index (χ1v) is 9.31. The Morgan fingerprint density at radius 2 is 1.95 bits per heavy atom. The molecule has 6 heteroatoms.